The molecule has 2 rings (SSSR count). The first kappa shape index (κ1) is 15.0. The lowest BCUT2D eigenvalue weighted by Gasteiger charge is -2.42. The topological polar surface area (TPSA) is 41.6 Å². The van der Waals surface area contributed by atoms with Gasteiger partial charge in [0.2, 0.25) is 5.91 Å². The lowest BCUT2D eigenvalue weighted by Crippen LogP contribution is -2.51. The van der Waals surface area contributed by atoms with Crippen LogP contribution in [0.3, 0.4) is 0 Å². The van der Waals surface area contributed by atoms with E-state index in [4.69, 9.17) is 4.74 Å². The smallest absolute Gasteiger partial charge is 0.241 e. The summed E-state index contributed by atoms with van der Waals surface area (Å²) in [6, 6.07) is 7.67. The van der Waals surface area contributed by atoms with Gasteiger partial charge in [-0.25, -0.2) is 0 Å². The fourth-order valence-electron chi connectivity index (χ4n) is 2.43. The zero-order chi connectivity index (χ0) is 14.8. The van der Waals surface area contributed by atoms with Crippen LogP contribution in [0.15, 0.2) is 24.3 Å². The number of ether oxygens (including phenoxy) is 1. The summed E-state index contributed by atoms with van der Waals surface area (Å²) < 4.78 is 5.26. The Bertz CT molecular complexity index is 483. The lowest BCUT2D eigenvalue weighted by molar-refractivity contribution is -0.129. The molecule has 1 aliphatic heterocycles. The minimum Gasteiger partial charge on any atom is -0.380 e. The molecule has 1 saturated heterocycles. The summed E-state index contributed by atoms with van der Waals surface area (Å²) in [7, 11) is 1.99. The van der Waals surface area contributed by atoms with Gasteiger partial charge in [-0.15, -0.1) is 0 Å². The summed E-state index contributed by atoms with van der Waals surface area (Å²) in [6.07, 6.45) is 0. The van der Waals surface area contributed by atoms with Gasteiger partial charge in [-0.1, -0.05) is 25.1 Å². The Morgan fingerprint density at radius 1 is 1.45 bits per heavy atom. The molecule has 0 saturated carbocycles. The van der Waals surface area contributed by atoms with Crippen molar-refractivity contribution in [1.82, 2.24) is 4.90 Å². The molecule has 1 aromatic carbocycles. The van der Waals surface area contributed by atoms with Crippen molar-refractivity contribution in [3.63, 3.8) is 0 Å². The zero-order valence-corrected chi connectivity index (χ0v) is 12.8. The average molecular weight is 276 g/mol. The molecule has 1 aliphatic rings. The number of amides is 1. The van der Waals surface area contributed by atoms with E-state index in [9.17, 15) is 4.79 Å². The van der Waals surface area contributed by atoms with Gasteiger partial charge < -0.3 is 10.1 Å². The predicted molar refractivity (Wildman–Crippen MR) is 80.8 cm³/mol. The molecular formula is C16H24N2O2. The van der Waals surface area contributed by atoms with Gasteiger partial charge in [0.05, 0.1) is 19.3 Å². The molecule has 0 aliphatic carbocycles. The van der Waals surface area contributed by atoms with Crippen molar-refractivity contribution in [1.29, 1.82) is 0 Å². The maximum atomic E-state index is 12.3. The van der Waals surface area contributed by atoms with E-state index in [1.54, 1.807) is 0 Å². The number of carbonyl (C=O) groups is 1. The average Bonchev–Trinajstić information content (AvgIpc) is 2.38. The summed E-state index contributed by atoms with van der Waals surface area (Å²) in [6.45, 7) is 8.56. The highest BCUT2D eigenvalue weighted by Crippen LogP contribution is 2.27. The number of benzene rings is 1. The van der Waals surface area contributed by atoms with Crippen LogP contribution in [-0.4, -0.2) is 43.7 Å². The highest BCUT2D eigenvalue weighted by molar-refractivity contribution is 5.95. The van der Waals surface area contributed by atoms with Gasteiger partial charge in [0.1, 0.15) is 0 Å². The Kier molecular flexibility index (Phi) is 4.45. The van der Waals surface area contributed by atoms with Gasteiger partial charge in [0, 0.05) is 17.6 Å². The van der Waals surface area contributed by atoms with E-state index >= 15 is 0 Å². The standard InChI is InChI=1S/C16H24N2O2/c1-12-7-5-6-8-14(12)17-15(19)13(2)18(4)9-16(3)10-20-11-16/h5-8,13H,9-11H2,1-4H3,(H,17,19)/t13-/m0/s1. The largest absolute Gasteiger partial charge is 0.380 e. The normalized spacial score (nSPS) is 18.4. The molecule has 4 heteroatoms. The monoisotopic (exact) mass is 276 g/mol. The van der Waals surface area contributed by atoms with Gasteiger partial charge in [0.25, 0.3) is 0 Å². The van der Waals surface area contributed by atoms with E-state index < -0.39 is 0 Å². The van der Waals surface area contributed by atoms with E-state index in [2.05, 4.69) is 17.1 Å². The number of nitrogens with one attached hydrogen (secondary N) is 1. The van der Waals surface area contributed by atoms with Crippen LogP contribution in [0.5, 0.6) is 0 Å². The first-order valence-corrected chi connectivity index (χ1v) is 7.06. The molecule has 1 amide bonds. The molecular weight excluding hydrogens is 252 g/mol. The Labute approximate surface area is 121 Å². The first-order chi connectivity index (χ1) is 9.41. The third kappa shape index (κ3) is 3.38. The zero-order valence-electron chi connectivity index (χ0n) is 12.8. The van der Waals surface area contributed by atoms with Crippen molar-refractivity contribution in [2.24, 2.45) is 5.41 Å². The Morgan fingerprint density at radius 2 is 2.10 bits per heavy atom. The number of hydrogen-bond donors (Lipinski definition) is 1. The summed E-state index contributed by atoms with van der Waals surface area (Å²) in [5.74, 6) is 0.0330. The van der Waals surface area contributed by atoms with E-state index in [-0.39, 0.29) is 17.4 Å². The van der Waals surface area contributed by atoms with E-state index in [0.29, 0.717) is 0 Å². The highest BCUT2D eigenvalue weighted by atomic mass is 16.5. The SMILES string of the molecule is Cc1ccccc1NC(=O)[C@H](C)N(C)CC1(C)COC1. The molecule has 110 valence electrons. The van der Waals surface area contributed by atoms with Crippen LogP contribution in [0.4, 0.5) is 5.69 Å². The highest BCUT2D eigenvalue weighted by Gasteiger charge is 2.36. The fourth-order valence-corrected chi connectivity index (χ4v) is 2.43. The molecule has 0 aromatic heterocycles. The van der Waals surface area contributed by atoms with Crippen molar-refractivity contribution in [2.75, 3.05) is 32.1 Å². The van der Waals surface area contributed by atoms with Crippen LogP contribution >= 0.6 is 0 Å². The molecule has 1 heterocycles. The maximum Gasteiger partial charge on any atom is 0.241 e. The van der Waals surface area contributed by atoms with Crippen molar-refractivity contribution < 1.29 is 9.53 Å². The molecule has 1 fully saturated rings. The van der Waals surface area contributed by atoms with Crippen LogP contribution in [0.1, 0.15) is 19.4 Å². The van der Waals surface area contributed by atoms with E-state index in [0.717, 1.165) is 31.0 Å². The van der Waals surface area contributed by atoms with Gasteiger partial charge in [-0.3, -0.25) is 9.69 Å². The van der Waals surface area contributed by atoms with Crippen molar-refractivity contribution in [3.8, 4) is 0 Å². The van der Waals surface area contributed by atoms with Gasteiger partial charge in [0.15, 0.2) is 0 Å². The first-order valence-electron chi connectivity index (χ1n) is 7.06. The summed E-state index contributed by atoms with van der Waals surface area (Å²) >= 11 is 0. The minimum atomic E-state index is -0.160. The molecule has 4 nitrogen and oxygen atoms in total. The molecule has 1 N–H and O–H groups in total. The van der Waals surface area contributed by atoms with Crippen LogP contribution in [0.2, 0.25) is 0 Å². The predicted octanol–water partition coefficient (Wildman–Crippen LogP) is 2.29. The second-order valence-corrected chi connectivity index (χ2v) is 6.20. The number of nitrogens with zero attached hydrogens (tertiary/aromatic N) is 1. The summed E-state index contributed by atoms with van der Waals surface area (Å²) in [4.78, 5) is 14.4. The molecule has 0 radical (unpaired) electrons. The number of rotatable bonds is 5. The Morgan fingerprint density at radius 3 is 2.65 bits per heavy atom. The van der Waals surface area contributed by atoms with Gasteiger partial charge in [-0.05, 0) is 32.5 Å². The van der Waals surface area contributed by atoms with Gasteiger partial charge in [-0.2, -0.15) is 0 Å². The molecule has 1 atom stereocenters. The third-order valence-electron chi connectivity index (χ3n) is 3.98. The number of likely N-dealkylation sites (N-methyl/N-ethyl adjacent to an activating group) is 1. The number of hydrogen-bond acceptors (Lipinski definition) is 3. The van der Waals surface area contributed by atoms with Crippen LogP contribution in [-0.2, 0) is 9.53 Å². The maximum absolute atomic E-state index is 12.3. The molecule has 1 aromatic rings. The van der Waals surface area contributed by atoms with Crippen molar-refractivity contribution in [2.45, 2.75) is 26.8 Å². The fraction of sp³-hybridized carbons (Fsp3) is 0.562. The summed E-state index contributed by atoms with van der Waals surface area (Å²) in [5, 5.41) is 3.00. The Hall–Kier alpha value is -1.39. The second kappa shape index (κ2) is 5.94. The lowest BCUT2D eigenvalue weighted by atomic mass is 9.88. The molecule has 20 heavy (non-hydrogen) atoms. The molecule has 0 unspecified atom stereocenters. The number of anilines is 1. The van der Waals surface area contributed by atoms with Crippen LogP contribution in [0, 0.1) is 12.3 Å². The summed E-state index contributed by atoms with van der Waals surface area (Å²) in [5.41, 5.74) is 2.15. The van der Waals surface area contributed by atoms with E-state index in [1.165, 1.54) is 0 Å². The molecule has 0 bridgehead atoms. The van der Waals surface area contributed by atoms with Crippen LogP contribution < -0.4 is 5.32 Å². The van der Waals surface area contributed by atoms with Crippen LogP contribution in [0.25, 0.3) is 0 Å². The Balaban J connectivity index is 1.93. The number of aryl methyl sites for hydroxylation is 1. The van der Waals surface area contributed by atoms with Crippen molar-refractivity contribution >= 4 is 11.6 Å². The van der Waals surface area contributed by atoms with Crippen molar-refractivity contribution in [3.05, 3.63) is 29.8 Å². The van der Waals surface area contributed by atoms with E-state index in [1.807, 2.05) is 45.2 Å². The molecule has 0 spiro atoms. The van der Waals surface area contributed by atoms with Gasteiger partial charge >= 0.3 is 0 Å². The third-order valence-corrected chi connectivity index (χ3v) is 3.98. The minimum absolute atomic E-state index is 0.0330. The second-order valence-electron chi connectivity index (χ2n) is 6.20. The number of carbonyl (C=O) groups excluding carboxylic acids is 1. The quantitative estimate of drug-likeness (QED) is 0.897. The number of para-hydroxylation sites is 1.